The maximum Gasteiger partial charge on any atom is 0.129 e. The van der Waals surface area contributed by atoms with Gasteiger partial charge in [0.2, 0.25) is 0 Å². The Morgan fingerprint density at radius 2 is 2.18 bits per heavy atom. The Bertz CT molecular complexity index is 318. The topological polar surface area (TPSA) is 34.4 Å². The summed E-state index contributed by atoms with van der Waals surface area (Å²) in [7, 11) is 0. The molecule has 3 nitrogen and oxygen atoms in total. The number of furan rings is 1. The minimum absolute atomic E-state index is 0.610. The third kappa shape index (κ3) is 4.17. The monoisotopic (exact) mass is 237 g/mol. The molecule has 96 valence electrons. The van der Waals surface area contributed by atoms with Crippen molar-refractivity contribution in [3.8, 4) is 0 Å². The molecule has 2 rings (SSSR count). The van der Waals surface area contributed by atoms with Crippen molar-refractivity contribution in [2.24, 2.45) is 5.92 Å². The summed E-state index contributed by atoms with van der Waals surface area (Å²) in [5.74, 6) is 2.85. The van der Waals surface area contributed by atoms with Crippen LogP contribution >= 0.6 is 0 Å². The number of hydrogen-bond acceptors (Lipinski definition) is 3. The van der Waals surface area contributed by atoms with E-state index in [2.05, 4.69) is 12.2 Å². The zero-order valence-electron chi connectivity index (χ0n) is 10.7. The van der Waals surface area contributed by atoms with Gasteiger partial charge in [-0.1, -0.05) is 26.2 Å². The molecule has 0 aliphatic heterocycles. The second kappa shape index (κ2) is 6.82. The van der Waals surface area contributed by atoms with Crippen LogP contribution in [0.25, 0.3) is 0 Å². The SMILES string of the molecule is CCNCc1ccc(COCCC2CCC2)o1. The van der Waals surface area contributed by atoms with E-state index in [1.165, 1.54) is 25.7 Å². The third-order valence-electron chi connectivity index (χ3n) is 3.41. The zero-order chi connectivity index (χ0) is 11.9. The van der Waals surface area contributed by atoms with E-state index in [1.54, 1.807) is 0 Å². The van der Waals surface area contributed by atoms with Crippen molar-refractivity contribution in [3.63, 3.8) is 0 Å². The fourth-order valence-electron chi connectivity index (χ4n) is 2.05. The van der Waals surface area contributed by atoms with Crippen LogP contribution < -0.4 is 5.32 Å². The Labute approximate surface area is 104 Å². The summed E-state index contributed by atoms with van der Waals surface area (Å²) in [5.41, 5.74) is 0. The maximum atomic E-state index is 5.65. The van der Waals surface area contributed by atoms with Crippen molar-refractivity contribution in [3.05, 3.63) is 23.7 Å². The first-order chi connectivity index (χ1) is 8.38. The normalized spacial score (nSPS) is 16.1. The van der Waals surface area contributed by atoms with Crippen LogP contribution in [0.2, 0.25) is 0 Å². The molecule has 0 aromatic carbocycles. The van der Waals surface area contributed by atoms with E-state index in [0.717, 1.165) is 37.1 Å². The fraction of sp³-hybridized carbons (Fsp3) is 0.714. The molecule has 0 atom stereocenters. The quantitative estimate of drug-likeness (QED) is 0.705. The number of hydrogen-bond donors (Lipinski definition) is 1. The van der Waals surface area contributed by atoms with E-state index in [4.69, 9.17) is 9.15 Å². The van der Waals surface area contributed by atoms with Crippen LogP contribution in [0.1, 0.15) is 44.1 Å². The lowest BCUT2D eigenvalue weighted by molar-refractivity contribution is 0.0829. The van der Waals surface area contributed by atoms with Crippen LogP contribution in [-0.4, -0.2) is 13.2 Å². The maximum absolute atomic E-state index is 5.65. The Morgan fingerprint density at radius 1 is 1.35 bits per heavy atom. The van der Waals surface area contributed by atoms with Gasteiger partial charge in [0.05, 0.1) is 6.54 Å². The number of ether oxygens (including phenoxy) is 1. The second-order valence-corrected chi connectivity index (χ2v) is 4.79. The van der Waals surface area contributed by atoms with Crippen LogP contribution in [-0.2, 0) is 17.9 Å². The smallest absolute Gasteiger partial charge is 0.129 e. The summed E-state index contributed by atoms with van der Waals surface area (Å²) in [4.78, 5) is 0. The average molecular weight is 237 g/mol. The minimum Gasteiger partial charge on any atom is -0.462 e. The first-order valence-corrected chi connectivity index (χ1v) is 6.74. The van der Waals surface area contributed by atoms with Crippen LogP contribution in [0.4, 0.5) is 0 Å². The van der Waals surface area contributed by atoms with Crippen molar-refractivity contribution >= 4 is 0 Å². The van der Waals surface area contributed by atoms with Gasteiger partial charge in [0.1, 0.15) is 18.1 Å². The molecule has 1 aromatic rings. The molecule has 0 amide bonds. The summed E-state index contributed by atoms with van der Waals surface area (Å²) < 4.78 is 11.3. The van der Waals surface area contributed by atoms with Gasteiger partial charge in [0.25, 0.3) is 0 Å². The largest absolute Gasteiger partial charge is 0.462 e. The highest BCUT2D eigenvalue weighted by Crippen LogP contribution is 2.29. The van der Waals surface area contributed by atoms with Gasteiger partial charge in [-0.2, -0.15) is 0 Å². The van der Waals surface area contributed by atoms with Gasteiger partial charge < -0.3 is 14.5 Å². The summed E-state index contributed by atoms with van der Waals surface area (Å²) in [6.45, 7) is 5.34. The molecule has 1 saturated carbocycles. The van der Waals surface area contributed by atoms with E-state index in [1.807, 2.05) is 12.1 Å². The van der Waals surface area contributed by atoms with E-state index in [9.17, 15) is 0 Å². The molecule has 3 heteroatoms. The summed E-state index contributed by atoms with van der Waals surface area (Å²) in [6, 6.07) is 4.03. The number of rotatable bonds is 8. The molecule has 0 radical (unpaired) electrons. The van der Waals surface area contributed by atoms with Crippen molar-refractivity contribution in [1.82, 2.24) is 5.32 Å². The first-order valence-electron chi connectivity index (χ1n) is 6.74. The molecule has 0 unspecified atom stereocenters. The lowest BCUT2D eigenvalue weighted by Crippen LogP contribution is -2.13. The Morgan fingerprint density at radius 3 is 2.88 bits per heavy atom. The standard InChI is InChI=1S/C14H23NO2/c1-2-15-10-13-6-7-14(17-13)11-16-9-8-12-4-3-5-12/h6-7,12,15H,2-5,8-11H2,1H3. The van der Waals surface area contributed by atoms with Crippen LogP contribution in [0, 0.1) is 5.92 Å². The predicted molar refractivity (Wildman–Crippen MR) is 67.7 cm³/mol. The average Bonchev–Trinajstić information content (AvgIpc) is 2.71. The van der Waals surface area contributed by atoms with Crippen molar-refractivity contribution in [2.75, 3.05) is 13.2 Å². The molecule has 0 spiro atoms. The van der Waals surface area contributed by atoms with Crippen molar-refractivity contribution in [2.45, 2.75) is 45.8 Å². The van der Waals surface area contributed by atoms with Gasteiger partial charge in [0.15, 0.2) is 0 Å². The summed E-state index contributed by atoms with van der Waals surface area (Å²) >= 11 is 0. The lowest BCUT2D eigenvalue weighted by atomic mass is 9.83. The fourth-order valence-corrected chi connectivity index (χ4v) is 2.05. The Hall–Kier alpha value is -0.800. The van der Waals surface area contributed by atoms with E-state index >= 15 is 0 Å². The van der Waals surface area contributed by atoms with Crippen LogP contribution in [0.15, 0.2) is 16.5 Å². The summed E-state index contributed by atoms with van der Waals surface area (Å²) in [5, 5.41) is 3.24. The minimum atomic E-state index is 0.610. The van der Waals surface area contributed by atoms with E-state index in [0.29, 0.717) is 6.61 Å². The van der Waals surface area contributed by atoms with Crippen molar-refractivity contribution in [1.29, 1.82) is 0 Å². The molecule has 0 bridgehead atoms. The zero-order valence-corrected chi connectivity index (χ0v) is 10.7. The van der Waals surface area contributed by atoms with Crippen LogP contribution in [0.3, 0.4) is 0 Å². The molecule has 17 heavy (non-hydrogen) atoms. The van der Waals surface area contributed by atoms with Gasteiger partial charge in [-0.25, -0.2) is 0 Å². The van der Waals surface area contributed by atoms with Gasteiger partial charge in [-0.15, -0.1) is 0 Å². The molecule has 1 aliphatic rings. The molecule has 1 aromatic heterocycles. The van der Waals surface area contributed by atoms with Gasteiger partial charge in [-0.3, -0.25) is 0 Å². The Balaban J connectivity index is 1.59. The van der Waals surface area contributed by atoms with E-state index in [-0.39, 0.29) is 0 Å². The van der Waals surface area contributed by atoms with E-state index < -0.39 is 0 Å². The second-order valence-electron chi connectivity index (χ2n) is 4.79. The predicted octanol–water partition coefficient (Wildman–Crippen LogP) is 3.10. The first kappa shape index (κ1) is 12.7. The molecule has 1 heterocycles. The highest BCUT2D eigenvalue weighted by Gasteiger charge is 2.16. The molecule has 0 saturated heterocycles. The highest BCUT2D eigenvalue weighted by atomic mass is 16.5. The molecular weight excluding hydrogens is 214 g/mol. The molecule has 1 fully saturated rings. The summed E-state index contributed by atoms with van der Waals surface area (Å²) in [6.07, 6.45) is 5.43. The lowest BCUT2D eigenvalue weighted by Gasteiger charge is -2.24. The van der Waals surface area contributed by atoms with Gasteiger partial charge in [0, 0.05) is 6.61 Å². The van der Waals surface area contributed by atoms with Crippen molar-refractivity contribution < 1.29 is 9.15 Å². The third-order valence-corrected chi connectivity index (χ3v) is 3.41. The van der Waals surface area contributed by atoms with Gasteiger partial charge >= 0.3 is 0 Å². The number of nitrogens with one attached hydrogen (secondary N) is 1. The van der Waals surface area contributed by atoms with Gasteiger partial charge in [-0.05, 0) is 31.0 Å². The molecule has 1 aliphatic carbocycles. The Kier molecular flexibility index (Phi) is 5.08. The van der Waals surface area contributed by atoms with Crippen LogP contribution in [0.5, 0.6) is 0 Å². The molecular formula is C14H23NO2. The molecule has 1 N–H and O–H groups in total. The highest BCUT2D eigenvalue weighted by molar-refractivity contribution is 5.06.